The summed E-state index contributed by atoms with van der Waals surface area (Å²) >= 11 is 0. The molecule has 0 bridgehead atoms. The fourth-order valence-electron chi connectivity index (χ4n) is 2.96. The molecule has 0 aromatic carbocycles. The van der Waals surface area contributed by atoms with Crippen molar-refractivity contribution in [3.63, 3.8) is 0 Å². The van der Waals surface area contributed by atoms with E-state index in [-0.39, 0.29) is 5.97 Å². The van der Waals surface area contributed by atoms with Crippen molar-refractivity contribution in [3.8, 4) is 0 Å². The van der Waals surface area contributed by atoms with E-state index in [1.807, 2.05) is 13.3 Å². The van der Waals surface area contributed by atoms with E-state index in [0.717, 1.165) is 32.4 Å². The number of methoxy groups -OCH3 is 1. The Morgan fingerprint density at radius 2 is 2.24 bits per heavy atom. The van der Waals surface area contributed by atoms with Crippen molar-refractivity contribution in [2.45, 2.75) is 64.5 Å². The first kappa shape index (κ1) is 16.0. The van der Waals surface area contributed by atoms with E-state index in [2.05, 4.69) is 21.8 Å². The van der Waals surface area contributed by atoms with Gasteiger partial charge in [-0.3, -0.25) is 4.79 Å². The summed E-state index contributed by atoms with van der Waals surface area (Å²) in [6.07, 6.45) is 8.30. The lowest BCUT2D eigenvalue weighted by Crippen LogP contribution is -2.51. The first-order valence-corrected chi connectivity index (χ1v) is 7.97. The zero-order valence-electron chi connectivity index (χ0n) is 13.4. The number of esters is 1. The molecule has 1 atom stereocenters. The summed E-state index contributed by atoms with van der Waals surface area (Å²) in [5, 5.41) is 3.33. The number of nitrogens with zero attached hydrogens (tertiary/aromatic N) is 2. The Balaban J connectivity index is 2.04. The van der Waals surface area contributed by atoms with Crippen molar-refractivity contribution in [2.75, 3.05) is 13.7 Å². The van der Waals surface area contributed by atoms with Gasteiger partial charge >= 0.3 is 5.97 Å². The molecule has 21 heavy (non-hydrogen) atoms. The summed E-state index contributed by atoms with van der Waals surface area (Å²) in [5.74, 6) is -0.190. The van der Waals surface area contributed by atoms with Crippen LogP contribution in [0.2, 0.25) is 0 Å². The fourth-order valence-corrected chi connectivity index (χ4v) is 2.96. The van der Waals surface area contributed by atoms with Gasteiger partial charge in [0.1, 0.15) is 5.54 Å². The van der Waals surface area contributed by atoms with Crippen molar-refractivity contribution >= 4 is 5.97 Å². The first-order valence-electron chi connectivity index (χ1n) is 7.97. The zero-order valence-corrected chi connectivity index (χ0v) is 13.4. The van der Waals surface area contributed by atoms with Crippen LogP contribution in [0.1, 0.15) is 50.9 Å². The van der Waals surface area contributed by atoms with Gasteiger partial charge in [-0.2, -0.15) is 0 Å². The van der Waals surface area contributed by atoms with Gasteiger partial charge in [0, 0.05) is 12.2 Å². The molecule has 2 rings (SSSR count). The van der Waals surface area contributed by atoms with Gasteiger partial charge in [-0.1, -0.05) is 6.92 Å². The fraction of sp³-hybridized carbons (Fsp3) is 0.750. The molecular weight excluding hydrogens is 266 g/mol. The molecule has 0 amide bonds. The van der Waals surface area contributed by atoms with Gasteiger partial charge in [0.05, 0.1) is 19.1 Å². The van der Waals surface area contributed by atoms with Crippen molar-refractivity contribution in [1.29, 1.82) is 0 Å². The van der Waals surface area contributed by atoms with Crippen LogP contribution in [0.4, 0.5) is 0 Å². The number of imidazole rings is 1. The highest BCUT2D eigenvalue weighted by Gasteiger charge is 2.33. The molecule has 0 aliphatic heterocycles. The van der Waals surface area contributed by atoms with Crippen molar-refractivity contribution in [2.24, 2.45) is 0 Å². The monoisotopic (exact) mass is 293 g/mol. The molecule has 1 aliphatic rings. The molecule has 0 saturated heterocycles. The average molecular weight is 293 g/mol. The summed E-state index contributed by atoms with van der Waals surface area (Å²) in [5.41, 5.74) is 1.96. The smallest absolute Gasteiger partial charge is 0.325 e. The molecule has 5 nitrogen and oxygen atoms in total. The molecule has 118 valence electrons. The van der Waals surface area contributed by atoms with Crippen LogP contribution in [0.5, 0.6) is 0 Å². The molecule has 0 spiro atoms. The minimum Gasteiger partial charge on any atom is -0.468 e. The summed E-state index contributed by atoms with van der Waals surface area (Å²) in [4.78, 5) is 16.6. The Morgan fingerprint density at radius 3 is 2.95 bits per heavy atom. The van der Waals surface area contributed by atoms with Gasteiger partial charge in [-0.15, -0.1) is 0 Å². The van der Waals surface area contributed by atoms with Crippen LogP contribution in [0.3, 0.4) is 0 Å². The summed E-state index contributed by atoms with van der Waals surface area (Å²) in [6, 6.07) is 0. The van der Waals surface area contributed by atoms with Crippen molar-refractivity contribution in [3.05, 3.63) is 17.7 Å². The predicted octanol–water partition coefficient (Wildman–Crippen LogP) is 2.08. The van der Waals surface area contributed by atoms with Gasteiger partial charge in [0.2, 0.25) is 0 Å². The minimum atomic E-state index is -0.628. The Morgan fingerprint density at radius 1 is 1.48 bits per heavy atom. The average Bonchev–Trinajstić information content (AvgIpc) is 2.93. The number of hydrogen-bond donors (Lipinski definition) is 1. The number of carbonyl (C=O) groups is 1. The Hall–Kier alpha value is -1.36. The van der Waals surface area contributed by atoms with E-state index >= 15 is 0 Å². The summed E-state index contributed by atoms with van der Waals surface area (Å²) < 4.78 is 7.18. The maximum Gasteiger partial charge on any atom is 0.325 e. The number of nitrogens with one attached hydrogen (secondary N) is 1. The molecule has 0 radical (unpaired) electrons. The van der Waals surface area contributed by atoms with Crippen LogP contribution in [0.25, 0.3) is 0 Å². The van der Waals surface area contributed by atoms with Crippen LogP contribution < -0.4 is 5.32 Å². The number of rotatable bonds is 7. The molecule has 0 fully saturated rings. The van der Waals surface area contributed by atoms with Gasteiger partial charge in [0.25, 0.3) is 0 Å². The lowest BCUT2D eigenvalue weighted by molar-refractivity contribution is -0.148. The van der Waals surface area contributed by atoms with Gasteiger partial charge in [0.15, 0.2) is 0 Å². The van der Waals surface area contributed by atoms with Crippen LogP contribution in [0.15, 0.2) is 6.33 Å². The maximum atomic E-state index is 12.1. The van der Waals surface area contributed by atoms with Crippen LogP contribution in [-0.4, -0.2) is 34.7 Å². The summed E-state index contributed by atoms with van der Waals surface area (Å²) in [6.45, 7) is 5.63. The third kappa shape index (κ3) is 3.64. The van der Waals surface area contributed by atoms with E-state index in [1.165, 1.54) is 31.3 Å². The molecule has 1 aliphatic carbocycles. The molecule has 1 aromatic rings. The lowest BCUT2D eigenvalue weighted by Gasteiger charge is -2.28. The van der Waals surface area contributed by atoms with E-state index in [1.54, 1.807) is 0 Å². The van der Waals surface area contributed by atoms with E-state index in [0.29, 0.717) is 6.42 Å². The maximum absolute atomic E-state index is 12.1. The Kier molecular flexibility index (Phi) is 5.39. The van der Waals surface area contributed by atoms with Crippen LogP contribution in [0, 0.1) is 0 Å². The normalized spacial score (nSPS) is 17.1. The topological polar surface area (TPSA) is 56.2 Å². The predicted molar refractivity (Wildman–Crippen MR) is 82.2 cm³/mol. The number of carbonyl (C=O) groups excluding carboxylic acids is 1. The second-order valence-corrected chi connectivity index (χ2v) is 6.04. The molecular formula is C16H27N3O2. The molecule has 1 aromatic heterocycles. The van der Waals surface area contributed by atoms with Crippen molar-refractivity contribution < 1.29 is 9.53 Å². The van der Waals surface area contributed by atoms with Gasteiger partial charge in [-0.05, 0) is 52.0 Å². The highest BCUT2D eigenvalue weighted by Crippen LogP contribution is 2.21. The van der Waals surface area contributed by atoms with Gasteiger partial charge in [-0.25, -0.2) is 4.98 Å². The number of fused-ring (bicyclic) bond motifs is 1. The summed E-state index contributed by atoms with van der Waals surface area (Å²) in [7, 11) is 1.45. The van der Waals surface area contributed by atoms with E-state index in [4.69, 9.17) is 4.74 Å². The van der Waals surface area contributed by atoms with Crippen molar-refractivity contribution in [1.82, 2.24) is 14.9 Å². The van der Waals surface area contributed by atoms with E-state index in [9.17, 15) is 4.79 Å². The SMILES string of the molecule is CCCNC(C)(CCn1cnc2c1CCCC2)C(=O)OC. The second-order valence-electron chi connectivity index (χ2n) is 6.04. The Bertz CT molecular complexity index is 484. The molecule has 5 heteroatoms. The molecule has 1 N–H and O–H groups in total. The third-order valence-electron chi connectivity index (χ3n) is 4.36. The second kappa shape index (κ2) is 7.07. The Labute approximate surface area is 127 Å². The number of aryl methyl sites for hydroxylation is 2. The number of ether oxygens (including phenoxy) is 1. The highest BCUT2D eigenvalue weighted by molar-refractivity contribution is 5.80. The van der Waals surface area contributed by atoms with Crippen LogP contribution >= 0.6 is 0 Å². The molecule has 1 unspecified atom stereocenters. The third-order valence-corrected chi connectivity index (χ3v) is 4.36. The van der Waals surface area contributed by atoms with Crippen LogP contribution in [-0.2, 0) is 28.9 Å². The minimum absolute atomic E-state index is 0.190. The standard InChI is InChI=1S/C16H27N3O2/c1-4-10-18-16(2,15(20)21-3)9-11-19-12-17-13-7-5-6-8-14(13)19/h12,18H,4-11H2,1-3H3. The molecule has 0 saturated carbocycles. The highest BCUT2D eigenvalue weighted by atomic mass is 16.5. The largest absolute Gasteiger partial charge is 0.468 e. The van der Waals surface area contributed by atoms with Gasteiger partial charge < -0.3 is 14.6 Å². The lowest BCUT2D eigenvalue weighted by atomic mass is 9.97. The quantitative estimate of drug-likeness (QED) is 0.782. The first-order chi connectivity index (χ1) is 10.1. The van der Waals surface area contributed by atoms with E-state index < -0.39 is 5.54 Å². The number of hydrogen-bond acceptors (Lipinski definition) is 4. The molecule has 1 heterocycles. The zero-order chi connectivity index (χ0) is 15.3. The number of aromatic nitrogens is 2.